The van der Waals surface area contributed by atoms with Crippen molar-refractivity contribution in [1.29, 1.82) is 0 Å². The molecule has 4 N–H and O–H groups in total. The first kappa shape index (κ1) is 23.7. The minimum absolute atomic E-state index is 0.195. The van der Waals surface area contributed by atoms with Gasteiger partial charge in [0, 0.05) is 25.7 Å². The fraction of sp³-hybridized carbons (Fsp3) is 0.240. The number of aromatic nitrogens is 1. The zero-order valence-electron chi connectivity index (χ0n) is 18.6. The van der Waals surface area contributed by atoms with Crippen molar-refractivity contribution >= 4 is 40.6 Å². The summed E-state index contributed by atoms with van der Waals surface area (Å²) in [7, 11) is 0. The Morgan fingerprint density at radius 2 is 1.74 bits per heavy atom. The summed E-state index contributed by atoms with van der Waals surface area (Å²) in [4.78, 5) is 30.8. The second kappa shape index (κ2) is 11.1. The number of benzene rings is 2. The minimum atomic E-state index is -0.558. The molecule has 1 fully saturated rings. The maximum absolute atomic E-state index is 12.6. The van der Waals surface area contributed by atoms with E-state index in [2.05, 4.69) is 32.7 Å². The predicted molar refractivity (Wildman–Crippen MR) is 132 cm³/mol. The van der Waals surface area contributed by atoms with Crippen LogP contribution in [-0.2, 0) is 22.5 Å². The highest BCUT2D eigenvalue weighted by Crippen LogP contribution is 2.28. The molecule has 0 saturated carbocycles. The third-order valence-electron chi connectivity index (χ3n) is 5.48. The van der Waals surface area contributed by atoms with Crippen LogP contribution in [0.1, 0.15) is 21.5 Å². The van der Waals surface area contributed by atoms with Gasteiger partial charge >= 0.3 is 0 Å². The van der Waals surface area contributed by atoms with Gasteiger partial charge in [-0.2, -0.15) is 0 Å². The molecule has 1 aliphatic heterocycles. The number of halogens is 1. The fourth-order valence-corrected chi connectivity index (χ4v) is 3.86. The average molecular weight is 480 g/mol. The van der Waals surface area contributed by atoms with Crippen LogP contribution < -0.4 is 16.4 Å². The molecule has 0 aliphatic carbocycles. The van der Waals surface area contributed by atoms with Gasteiger partial charge in [-0.25, -0.2) is 4.98 Å². The second-order valence-electron chi connectivity index (χ2n) is 8.01. The number of amides is 2. The Bertz CT molecular complexity index is 1160. The Morgan fingerprint density at radius 3 is 2.47 bits per heavy atom. The molecule has 176 valence electrons. The molecule has 34 heavy (non-hydrogen) atoms. The topological polar surface area (TPSA) is 110 Å². The van der Waals surface area contributed by atoms with Gasteiger partial charge in [-0.3, -0.25) is 14.5 Å². The number of carbonyl (C=O) groups excluding carboxylic acids is 2. The lowest BCUT2D eigenvalue weighted by Crippen LogP contribution is -2.35. The molecule has 9 heteroatoms. The third-order valence-corrected chi connectivity index (χ3v) is 5.78. The Labute approximate surface area is 203 Å². The Morgan fingerprint density at radius 1 is 1.03 bits per heavy atom. The van der Waals surface area contributed by atoms with Crippen LogP contribution in [0.15, 0.2) is 60.8 Å². The van der Waals surface area contributed by atoms with Crippen molar-refractivity contribution in [3.63, 3.8) is 0 Å². The molecule has 0 unspecified atom stereocenters. The van der Waals surface area contributed by atoms with Gasteiger partial charge in [0.1, 0.15) is 5.82 Å². The summed E-state index contributed by atoms with van der Waals surface area (Å²) in [5.74, 6) is -0.408. The predicted octanol–water partition coefficient (Wildman–Crippen LogP) is 3.59. The first-order chi connectivity index (χ1) is 16.5. The van der Waals surface area contributed by atoms with E-state index in [4.69, 9.17) is 22.1 Å². The number of nitrogens with two attached hydrogens (primary N) is 1. The molecular formula is C25H26ClN5O3. The zero-order chi connectivity index (χ0) is 23.9. The SMILES string of the molecule is NC(=O)c1ccccc1Nc1cc(NC(=O)Cc2ccc(CN3CCOCC3)cc2)ncc1Cl. The highest BCUT2D eigenvalue weighted by molar-refractivity contribution is 6.33. The average Bonchev–Trinajstić information content (AvgIpc) is 2.83. The highest BCUT2D eigenvalue weighted by atomic mass is 35.5. The molecule has 2 heterocycles. The van der Waals surface area contributed by atoms with Crippen molar-refractivity contribution in [2.45, 2.75) is 13.0 Å². The van der Waals surface area contributed by atoms with Gasteiger partial charge in [0.15, 0.2) is 0 Å². The molecule has 8 nitrogen and oxygen atoms in total. The zero-order valence-corrected chi connectivity index (χ0v) is 19.3. The maximum atomic E-state index is 12.6. The first-order valence-corrected chi connectivity index (χ1v) is 11.3. The number of carbonyl (C=O) groups is 2. The van der Waals surface area contributed by atoms with Crippen molar-refractivity contribution in [3.8, 4) is 0 Å². The number of primary amides is 1. The van der Waals surface area contributed by atoms with Crippen LogP contribution in [-0.4, -0.2) is 48.0 Å². The lowest BCUT2D eigenvalue weighted by molar-refractivity contribution is -0.115. The number of pyridine rings is 1. The van der Waals surface area contributed by atoms with Gasteiger partial charge in [-0.05, 0) is 23.3 Å². The minimum Gasteiger partial charge on any atom is -0.379 e. The quantitative estimate of drug-likeness (QED) is 0.455. The number of nitrogens with zero attached hydrogens (tertiary/aromatic N) is 2. The Balaban J connectivity index is 1.37. The van der Waals surface area contributed by atoms with Crippen molar-refractivity contribution in [1.82, 2.24) is 9.88 Å². The van der Waals surface area contributed by atoms with Crippen LogP contribution in [0.4, 0.5) is 17.2 Å². The number of hydrogen-bond donors (Lipinski definition) is 3. The standard InChI is InChI=1S/C25H26ClN5O3/c26-20-15-28-23(14-22(20)29-21-4-2-1-3-19(21)25(27)33)30-24(32)13-17-5-7-18(8-6-17)16-31-9-11-34-12-10-31/h1-8,14-15H,9-13,16H2,(H2,27,33)(H2,28,29,30,32). The van der Waals surface area contributed by atoms with Gasteiger partial charge in [0.05, 0.1) is 47.8 Å². The summed E-state index contributed by atoms with van der Waals surface area (Å²) in [5, 5.41) is 6.23. The summed E-state index contributed by atoms with van der Waals surface area (Å²) in [5.41, 5.74) is 8.89. The first-order valence-electron chi connectivity index (χ1n) is 11.0. The fourth-order valence-electron chi connectivity index (χ4n) is 3.71. The summed E-state index contributed by atoms with van der Waals surface area (Å²) in [6.07, 6.45) is 1.65. The molecule has 2 aromatic carbocycles. The van der Waals surface area contributed by atoms with Gasteiger partial charge in [0.2, 0.25) is 5.91 Å². The number of ether oxygens (including phenoxy) is 1. The third kappa shape index (κ3) is 6.32. The largest absolute Gasteiger partial charge is 0.379 e. The monoisotopic (exact) mass is 479 g/mol. The molecule has 1 aliphatic rings. The molecule has 0 radical (unpaired) electrons. The van der Waals surface area contributed by atoms with E-state index in [1.165, 1.54) is 11.8 Å². The molecule has 0 spiro atoms. The summed E-state index contributed by atoms with van der Waals surface area (Å²) >= 11 is 6.26. The van der Waals surface area contributed by atoms with E-state index in [1.54, 1.807) is 30.3 Å². The van der Waals surface area contributed by atoms with E-state index < -0.39 is 5.91 Å². The normalized spacial score (nSPS) is 13.9. The number of anilines is 3. The smallest absolute Gasteiger partial charge is 0.250 e. The Kier molecular flexibility index (Phi) is 7.74. The van der Waals surface area contributed by atoms with Gasteiger partial charge < -0.3 is 21.1 Å². The number of nitrogens with one attached hydrogen (secondary N) is 2. The van der Waals surface area contributed by atoms with Crippen LogP contribution in [0.25, 0.3) is 0 Å². The van der Waals surface area contributed by atoms with Gasteiger partial charge in [-0.1, -0.05) is 48.0 Å². The van der Waals surface area contributed by atoms with Gasteiger partial charge in [-0.15, -0.1) is 0 Å². The van der Waals surface area contributed by atoms with E-state index in [-0.39, 0.29) is 12.3 Å². The summed E-state index contributed by atoms with van der Waals surface area (Å²) in [6.45, 7) is 4.28. The highest BCUT2D eigenvalue weighted by Gasteiger charge is 2.13. The molecule has 2 amide bonds. The van der Waals surface area contributed by atoms with Crippen molar-refractivity contribution in [2.24, 2.45) is 5.73 Å². The lowest BCUT2D eigenvalue weighted by Gasteiger charge is -2.26. The van der Waals surface area contributed by atoms with Gasteiger partial charge in [0.25, 0.3) is 5.91 Å². The molecule has 0 bridgehead atoms. The molecule has 3 aromatic rings. The van der Waals surface area contributed by atoms with Crippen LogP contribution in [0.3, 0.4) is 0 Å². The number of hydrogen-bond acceptors (Lipinski definition) is 6. The Hall–Kier alpha value is -3.46. The van der Waals surface area contributed by atoms with Crippen LogP contribution >= 0.6 is 11.6 Å². The van der Waals surface area contributed by atoms with Crippen molar-refractivity contribution in [3.05, 3.63) is 82.5 Å². The summed E-state index contributed by atoms with van der Waals surface area (Å²) in [6, 6.07) is 16.5. The lowest BCUT2D eigenvalue weighted by atomic mass is 10.1. The number of para-hydroxylation sites is 1. The molecule has 4 rings (SSSR count). The second-order valence-corrected chi connectivity index (χ2v) is 8.42. The molecular weight excluding hydrogens is 454 g/mol. The molecule has 1 saturated heterocycles. The van der Waals surface area contributed by atoms with E-state index >= 15 is 0 Å². The number of rotatable bonds is 8. The molecule has 0 atom stereocenters. The van der Waals surface area contributed by atoms with Crippen LogP contribution in [0.5, 0.6) is 0 Å². The van der Waals surface area contributed by atoms with Crippen LogP contribution in [0.2, 0.25) is 5.02 Å². The van der Waals surface area contributed by atoms with E-state index in [0.717, 1.165) is 38.4 Å². The number of morpholine rings is 1. The van der Waals surface area contributed by atoms with Crippen molar-refractivity contribution < 1.29 is 14.3 Å². The maximum Gasteiger partial charge on any atom is 0.250 e. The van der Waals surface area contributed by atoms with Crippen molar-refractivity contribution in [2.75, 3.05) is 36.9 Å². The van der Waals surface area contributed by atoms with E-state index in [9.17, 15) is 9.59 Å². The van der Waals surface area contributed by atoms with E-state index in [0.29, 0.717) is 27.8 Å². The molecule has 1 aromatic heterocycles. The summed E-state index contributed by atoms with van der Waals surface area (Å²) < 4.78 is 5.39. The van der Waals surface area contributed by atoms with E-state index in [1.807, 2.05) is 12.1 Å². The van der Waals surface area contributed by atoms with Crippen LogP contribution in [0, 0.1) is 0 Å².